The van der Waals surface area contributed by atoms with Crippen molar-refractivity contribution < 1.29 is 17.9 Å². The van der Waals surface area contributed by atoms with Crippen molar-refractivity contribution in [3.63, 3.8) is 0 Å². The number of ether oxygens (including phenoxy) is 1. The monoisotopic (exact) mass is 408 g/mol. The Kier molecular flexibility index (Phi) is 7.41. The summed E-state index contributed by atoms with van der Waals surface area (Å²) in [5, 5.41) is 4.32. The van der Waals surface area contributed by atoms with E-state index in [2.05, 4.69) is 5.32 Å². The van der Waals surface area contributed by atoms with Crippen molar-refractivity contribution >= 4 is 39.3 Å². The highest BCUT2D eigenvalue weighted by atomic mass is 35.5. The van der Waals surface area contributed by atoms with Gasteiger partial charge >= 0.3 is 0 Å². The van der Waals surface area contributed by atoms with E-state index in [0.717, 1.165) is 9.71 Å². The van der Waals surface area contributed by atoms with Crippen LogP contribution >= 0.6 is 11.6 Å². The van der Waals surface area contributed by atoms with E-state index in [0.29, 0.717) is 22.0 Å². The first kappa shape index (κ1) is 21.0. The maximum Gasteiger partial charge on any atom is 0.239 e. The summed E-state index contributed by atoms with van der Waals surface area (Å²) in [5.41, 5.74) is 1.26. The Balaban J connectivity index is 2.02. The third-order valence-corrected chi connectivity index (χ3v) is 5.55. The molecule has 0 aliphatic carbocycles. The molecule has 0 bridgehead atoms. The number of likely N-dealkylation sites (N-methyl/N-ethyl adjacent to an activating group) is 1. The van der Waals surface area contributed by atoms with Gasteiger partial charge in [-0.2, -0.15) is 4.31 Å². The van der Waals surface area contributed by atoms with E-state index in [4.69, 9.17) is 16.3 Å². The molecule has 0 aliphatic rings. The molecule has 0 saturated heterocycles. The van der Waals surface area contributed by atoms with Gasteiger partial charge < -0.3 is 10.1 Å². The molecule has 0 heterocycles. The van der Waals surface area contributed by atoms with Gasteiger partial charge in [0.2, 0.25) is 15.9 Å². The highest BCUT2D eigenvalue weighted by molar-refractivity contribution is 7.92. The second-order valence-electron chi connectivity index (χ2n) is 5.60. The standard InChI is InChI=1S/C19H21ClN2O4S/c1-3-22(14-19(23)21-17-8-10-18(26-2)11-9-17)27(24,25)13-12-15-4-6-16(20)7-5-15/h4-13H,3,14H2,1-2H3,(H,21,23)/b13-12+. The fraction of sp³-hybridized carbons (Fsp3) is 0.211. The lowest BCUT2D eigenvalue weighted by atomic mass is 10.2. The number of amides is 1. The number of sulfonamides is 1. The molecule has 0 fully saturated rings. The van der Waals surface area contributed by atoms with Gasteiger partial charge in [-0.3, -0.25) is 4.79 Å². The highest BCUT2D eigenvalue weighted by Crippen LogP contribution is 2.16. The number of methoxy groups -OCH3 is 1. The first-order chi connectivity index (χ1) is 12.8. The predicted octanol–water partition coefficient (Wildman–Crippen LogP) is 3.61. The van der Waals surface area contributed by atoms with Gasteiger partial charge in [-0.25, -0.2) is 8.42 Å². The van der Waals surface area contributed by atoms with Crippen molar-refractivity contribution in [1.29, 1.82) is 0 Å². The van der Waals surface area contributed by atoms with Crippen LogP contribution in [0.5, 0.6) is 5.75 Å². The van der Waals surface area contributed by atoms with E-state index in [1.807, 2.05) is 0 Å². The van der Waals surface area contributed by atoms with Crippen LogP contribution < -0.4 is 10.1 Å². The molecule has 0 atom stereocenters. The van der Waals surface area contributed by atoms with E-state index >= 15 is 0 Å². The lowest BCUT2D eigenvalue weighted by Crippen LogP contribution is -2.36. The molecule has 27 heavy (non-hydrogen) atoms. The van der Waals surface area contributed by atoms with E-state index in [1.165, 1.54) is 6.08 Å². The summed E-state index contributed by atoms with van der Waals surface area (Å²) in [4.78, 5) is 12.2. The lowest BCUT2D eigenvalue weighted by Gasteiger charge is -2.18. The van der Waals surface area contributed by atoms with Crippen LogP contribution in [0.4, 0.5) is 5.69 Å². The summed E-state index contributed by atoms with van der Waals surface area (Å²) in [5.74, 6) is 0.239. The van der Waals surface area contributed by atoms with Crippen molar-refractivity contribution in [1.82, 2.24) is 4.31 Å². The zero-order valence-corrected chi connectivity index (χ0v) is 16.6. The minimum atomic E-state index is -3.74. The second kappa shape index (κ2) is 9.55. The van der Waals surface area contributed by atoms with Gasteiger partial charge in [0.1, 0.15) is 5.75 Å². The van der Waals surface area contributed by atoms with Crippen molar-refractivity contribution in [2.45, 2.75) is 6.92 Å². The molecule has 6 nitrogen and oxygen atoms in total. The Bertz CT molecular complexity index is 894. The minimum absolute atomic E-state index is 0.170. The molecule has 2 aromatic carbocycles. The Labute approximate surface area is 164 Å². The molecular formula is C19H21ClN2O4S. The number of halogens is 1. The SMILES string of the molecule is CCN(CC(=O)Nc1ccc(OC)cc1)S(=O)(=O)/C=C/c1ccc(Cl)cc1. The van der Waals surface area contributed by atoms with Crippen LogP contribution in [0.2, 0.25) is 5.02 Å². The maximum absolute atomic E-state index is 12.5. The van der Waals surface area contributed by atoms with E-state index in [9.17, 15) is 13.2 Å². The zero-order valence-electron chi connectivity index (χ0n) is 15.1. The number of carbonyl (C=O) groups excluding carboxylic acids is 1. The van der Waals surface area contributed by atoms with Crippen LogP contribution in [-0.2, 0) is 14.8 Å². The van der Waals surface area contributed by atoms with Crippen LogP contribution in [0.15, 0.2) is 53.9 Å². The van der Waals surface area contributed by atoms with Crippen molar-refractivity contribution in [2.75, 3.05) is 25.5 Å². The van der Waals surface area contributed by atoms with Gasteiger partial charge in [0.25, 0.3) is 0 Å². The average Bonchev–Trinajstić information content (AvgIpc) is 2.66. The summed E-state index contributed by atoms with van der Waals surface area (Å²) in [6.45, 7) is 1.56. The molecule has 0 unspecified atom stereocenters. The van der Waals surface area contributed by atoms with Crippen LogP contribution in [-0.4, -0.2) is 38.8 Å². The molecule has 0 spiro atoms. The molecule has 2 aromatic rings. The molecule has 1 N–H and O–H groups in total. The van der Waals surface area contributed by atoms with Gasteiger partial charge in [0.15, 0.2) is 0 Å². The van der Waals surface area contributed by atoms with Gasteiger partial charge in [0.05, 0.1) is 13.7 Å². The number of hydrogen-bond donors (Lipinski definition) is 1. The topological polar surface area (TPSA) is 75.7 Å². The van der Waals surface area contributed by atoms with E-state index < -0.39 is 15.9 Å². The quantitative estimate of drug-likeness (QED) is 0.723. The molecule has 0 aromatic heterocycles. The molecule has 144 valence electrons. The van der Waals surface area contributed by atoms with Crippen LogP contribution in [0, 0.1) is 0 Å². The Morgan fingerprint density at radius 2 is 1.78 bits per heavy atom. The van der Waals surface area contributed by atoms with Gasteiger partial charge in [-0.1, -0.05) is 30.7 Å². The number of nitrogens with zero attached hydrogens (tertiary/aromatic N) is 1. The fourth-order valence-corrected chi connectivity index (χ4v) is 3.53. The predicted molar refractivity (Wildman–Crippen MR) is 108 cm³/mol. The summed E-state index contributed by atoms with van der Waals surface area (Å²) in [6, 6.07) is 13.5. The largest absolute Gasteiger partial charge is 0.497 e. The third-order valence-electron chi connectivity index (χ3n) is 3.71. The first-order valence-electron chi connectivity index (χ1n) is 8.21. The number of rotatable bonds is 8. The summed E-state index contributed by atoms with van der Waals surface area (Å²) < 4.78 is 31.1. The molecule has 2 rings (SSSR count). The molecular weight excluding hydrogens is 388 g/mol. The number of hydrogen-bond acceptors (Lipinski definition) is 4. The maximum atomic E-state index is 12.5. The van der Waals surface area contributed by atoms with Crippen LogP contribution in [0.3, 0.4) is 0 Å². The zero-order chi connectivity index (χ0) is 19.9. The van der Waals surface area contributed by atoms with Crippen LogP contribution in [0.25, 0.3) is 6.08 Å². The van der Waals surface area contributed by atoms with Gasteiger partial charge in [-0.05, 0) is 48.0 Å². The Morgan fingerprint density at radius 3 is 2.33 bits per heavy atom. The van der Waals surface area contributed by atoms with Crippen LogP contribution in [0.1, 0.15) is 12.5 Å². The smallest absolute Gasteiger partial charge is 0.239 e. The first-order valence-corrected chi connectivity index (χ1v) is 10.1. The second-order valence-corrected chi connectivity index (χ2v) is 7.86. The fourth-order valence-electron chi connectivity index (χ4n) is 2.24. The Hall–Kier alpha value is -2.35. The van der Waals surface area contributed by atoms with Gasteiger partial charge in [0, 0.05) is 22.7 Å². The molecule has 8 heteroatoms. The average molecular weight is 409 g/mol. The molecule has 0 saturated carbocycles. The Morgan fingerprint density at radius 1 is 1.15 bits per heavy atom. The van der Waals surface area contributed by atoms with E-state index in [1.54, 1.807) is 62.6 Å². The van der Waals surface area contributed by atoms with Gasteiger partial charge in [-0.15, -0.1) is 0 Å². The number of anilines is 1. The molecule has 0 radical (unpaired) electrons. The highest BCUT2D eigenvalue weighted by Gasteiger charge is 2.20. The molecule has 0 aliphatic heterocycles. The normalized spacial score (nSPS) is 11.7. The van der Waals surface area contributed by atoms with E-state index in [-0.39, 0.29) is 13.1 Å². The molecule has 1 amide bonds. The summed E-state index contributed by atoms with van der Waals surface area (Å²) in [6.07, 6.45) is 1.47. The minimum Gasteiger partial charge on any atom is -0.497 e. The summed E-state index contributed by atoms with van der Waals surface area (Å²) in [7, 11) is -2.19. The van der Waals surface area contributed by atoms with Crippen molar-refractivity contribution in [3.05, 3.63) is 64.5 Å². The van der Waals surface area contributed by atoms with Crippen molar-refractivity contribution in [3.8, 4) is 5.75 Å². The number of carbonyl (C=O) groups is 1. The van der Waals surface area contributed by atoms with Crippen molar-refractivity contribution in [2.24, 2.45) is 0 Å². The number of nitrogens with one attached hydrogen (secondary N) is 1. The summed E-state index contributed by atoms with van der Waals surface area (Å²) >= 11 is 5.81. The lowest BCUT2D eigenvalue weighted by molar-refractivity contribution is -0.116. The number of benzene rings is 2. The third kappa shape index (κ3) is 6.39.